The Morgan fingerprint density at radius 1 is 1.00 bits per heavy atom. The van der Waals surface area contributed by atoms with Crippen LogP contribution in [0.25, 0.3) is 0 Å². The third-order valence-electron chi connectivity index (χ3n) is 4.73. The van der Waals surface area contributed by atoms with E-state index in [4.69, 9.17) is 27.9 Å². The van der Waals surface area contributed by atoms with Gasteiger partial charge in [-0.25, -0.2) is 12.8 Å². The van der Waals surface area contributed by atoms with Crippen molar-refractivity contribution in [3.63, 3.8) is 0 Å². The predicted molar refractivity (Wildman–Crippen MR) is 113 cm³/mol. The van der Waals surface area contributed by atoms with Crippen LogP contribution in [0.3, 0.4) is 0 Å². The molecular weight excluding hydrogens is 454 g/mol. The minimum atomic E-state index is -3.73. The van der Waals surface area contributed by atoms with E-state index in [2.05, 4.69) is 0 Å². The van der Waals surface area contributed by atoms with E-state index in [1.54, 1.807) is 23.1 Å². The van der Waals surface area contributed by atoms with Crippen LogP contribution in [0, 0.1) is 5.82 Å². The van der Waals surface area contributed by atoms with Crippen molar-refractivity contribution in [1.29, 1.82) is 0 Å². The van der Waals surface area contributed by atoms with Gasteiger partial charge in [0, 0.05) is 32.2 Å². The summed E-state index contributed by atoms with van der Waals surface area (Å²) in [5, 5.41) is 0.792. The zero-order chi connectivity index (χ0) is 21.7. The normalized spacial score (nSPS) is 15.6. The minimum Gasteiger partial charge on any atom is -0.493 e. The van der Waals surface area contributed by atoms with Gasteiger partial charge in [-0.2, -0.15) is 4.31 Å². The molecule has 6 nitrogen and oxygen atoms in total. The molecular formula is C20H21Cl2FN2O4S. The largest absolute Gasteiger partial charge is 0.493 e. The number of halogens is 3. The molecule has 1 heterocycles. The van der Waals surface area contributed by atoms with Crippen molar-refractivity contribution < 1.29 is 22.3 Å². The van der Waals surface area contributed by atoms with Gasteiger partial charge >= 0.3 is 0 Å². The van der Waals surface area contributed by atoms with Crippen LogP contribution in [-0.4, -0.2) is 56.3 Å². The van der Waals surface area contributed by atoms with Crippen LogP contribution in [0.1, 0.15) is 12.8 Å². The van der Waals surface area contributed by atoms with Gasteiger partial charge < -0.3 is 9.64 Å². The van der Waals surface area contributed by atoms with E-state index in [0.29, 0.717) is 35.3 Å². The highest BCUT2D eigenvalue weighted by Gasteiger charge is 2.28. The Morgan fingerprint density at radius 3 is 2.43 bits per heavy atom. The summed E-state index contributed by atoms with van der Waals surface area (Å²) in [4.78, 5) is 14.2. The van der Waals surface area contributed by atoms with Crippen LogP contribution in [0.2, 0.25) is 10.0 Å². The number of carbonyl (C=O) groups is 1. The Hall–Kier alpha value is -1.87. The summed E-state index contributed by atoms with van der Waals surface area (Å²) in [5.74, 6) is -0.0922. The maximum atomic E-state index is 13.1. The molecule has 0 bridgehead atoms. The number of hydrogen-bond acceptors (Lipinski definition) is 4. The van der Waals surface area contributed by atoms with Gasteiger partial charge in [0.15, 0.2) is 0 Å². The second kappa shape index (κ2) is 9.96. The lowest BCUT2D eigenvalue weighted by Crippen LogP contribution is -2.37. The van der Waals surface area contributed by atoms with Gasteiger partial charge in [0.05, 0.1) is 28.0 Å². The molecule has 0 atom stereocenters. The zero-order valence-corrected chi connectivity index (χ0v) is 18.4. The molecule has 0 saturated carbocycles. The van der Waals surface area contributed by atoms with E-state index < -0.39 is 15.8 Å². The summed E-state index contributed by atoms with van der Waals surface area (Å²) in [5.41, 5.74) is 0. The molecule has 1 amide bonds. The number of hydrogen-bond donors (Lipinski definition) is 0. The van der Waals surface area contributed by atoms with Gasteiger partial charge in [0.1, 0.15) is 11.6 Å². The quantitative estimate of drug-likeness (QED) is 0.637. The molecule has 0 spiro atoms. The average Bonchev–Trinajstić information content (AvgIpc) is 2.98. The molecule has 2 aromatic rings. The van der Waals surface area contributed by atoms with Crippen LogP contribution in [0.4, 0.5) is 4.39 Å². The number of rotatable bonds is 6. The Bertz CT molecular complexity index is 1000. The van der Waals surface area contributed by atoms with Crippen molar-refractivity contribution in [3.8, 4) is 5.75 Å². The smallest absolute Gasteiger partial charge is 0.243 e. The first-order chi connectivity index (χ1) is 14.3. The standard InChI is InChI=1S/C20H21Cl2FN2O4S/c21-18-7-4-16(14-19(18)22)29-13-8-20(26)24-9-1-10-25(12-11-24)30(27,28)17-5-2-15(23)3-6-17/h2-7,14H,1,8-13H2. The van der Waals surface area contributed by atoms with Gasteiger partial charge in [-0.3, -0.25) is 4.79 Å². The third kappa shape index (κ3) is 5.63. The monoisotopic (exact) mass is 474 g/mol. The highest BCUT2D eigenvalue weighted by Crippen LogP contribution is 2.26. The second-order valence-electron chi connectivity index (χ2n) is 6.77. The number of carbonyl (C=O) groups excluding carboxylic acids is 1. The van der Waals surface area contributed by atoms with Crippen LogP contribution in [0.15, 0.2) is 47.4 Å². The van der Waals surface area contributed by atoms with E-state index in [9.17, 15) is 17.6 Å². The lowest BCUT2D eigenvalue weighted by Gasteiger charge is -2.22. The third-order valence-corrected chi connectivity index (χ3v) is 7.39. The Kier molecular flexibility index (Phi) is 7.57. The Morgan fingerprint density at radius 2 is 1.73 bits per heavy atom. The highest BCUT2D eigenvalue weighted by atomic mass is 35.5. The van der Waals surface area contributed by atoms with Crippen molar-refractivity contribution in [3.05, 3.63) is 58.3 Å². The van der Waals surface area contributed by atoms with Crippen molar-refractivity contribution in [2.45, 2.75) is 17.7 Å². The fourth-order valence-electron chi connectivity index (χ4n) is 3.12. The van der Waals surface area contributed by atoms with E-state index in [1.807, 2.05) is 0 Å². The average molecular weight is 475 g/mol. The Labute approximate surface area is 185 Å². The van der Waals surface area contributed by atoms with Gasteiger partial charge in [-0.15, -0.1) is 0 Å². The van der Waals surface area contributed by atoms with Crippen molar-refractivity contribution >= 4 is 39.1 Å². The molecule has 10 heteroatoms. The number of sulfonamides is 1. The number of benzene rings is 2. The molecule has 0 N–H and O–H groups in total. The molecule has 1 saturated heterocycles. The van der Waals surface area contributed by atoms with Crippen LogP contribution < -0.4 is 4.74 Å². The summed E-state index contributed by atoms with van der Waals surface area (Å²) in [6.45, 7) is 1.39. The molecule has 1 aliphatic rings. The van der Waals surface area contributed by atoms with Crippen LogP contribution in [0.5, 0.6) is 5.75 Å². The first-order valence-corrected chi connectivity index (χ1v) is 11.6. The fraction of sp³-hybridized carbons (Fsp3) is 0.350. The van der Waals surface area contributed by atoms with Crippen molar-refractivity contribution in [1.82, 2.24) is 9.21 Å². The molecule has 0 radical (unpaired) electrons. The number of nitrogens with zero attached hydrogens (tertiary/aromatic N) is 2. The van der Waals surface area contributed by atoms with Gasteiger partial charge in [-0.05, 0) is 42.8 Å². The molecule has 2 aromatic carbocycles. The summed E-state index contributed by atoms with van der Waals surface area (Å²) < 4.78 is 45.5. The van der Waals surface area contributed by atoms with Crippen molar-refractivity contribution in [2.75, 3.05) is 32.8 Å². The van der Waals surface area contributed by atoms with Crippen molar-refractivity contribution in [2.24, 2.45) is 0 Å². The van der Waals surface area contributed by atoms with Crippen LogP contribution in [-0.2, 0) is 14.8 Å². The number of ether oxygens (including phenoxy) is 1. The van der Waals surface area contributed by atoms with Gasteiger partial charge in [0.2, 0.25) is 15.9 Å². The molecule has 0 unspecified atom stereocenters. The molecule has 30 heavy (non-hydrogen) atoms. The van der Waals surface area contributed by atoms with E-state index in [0.717, 1.165) is 12.1 Å². The van der Waals surface area contributed by atoms with Gasteiger partial charge in [0.25, 0.3) is 0 Å². The minimum absolute atomic E-state index is 0.0405. The zero-order valence-electron chi connectivity index (χ0n) is 16.1. The maximum Gasteiger partial charge on any atom is 0.243 e. The fourth-order valence-corrected chi connectivity index (χ4v) is 4.88. The molecule has 3 rings (SSSR count). The molecule has 0 aliphatic carbocycles. The lowest BCUT2D eigenvalue weighted by molar-refractivity contribution is -0.131. The summed E-state index contributed by atoms with van der Waals surface area (Å²) in [6, 6.07) is 9.60. The first kappa shape index (κ1) is 22.8. The lowest BCUT2D eigenvalue weighted by atomic mass is 10.3. The SMILES string of the molecule is O=C(CCOc1ccc(Cl)c(Cl)c1)N1CCCN(S(=O)(=O)c2ccc(F)cc2)CC1. The highest BCUT2D eigenvalue weighted by molar-refractivity contribution is 7.89. The maximum absolute atomic E-state index is 13.1. The van der Waals surface area contributed by atoms with E-state index in [-0.39, 0.29) is 36.9 Å². The molecule has 1 fully saturated rings. The second-order valence-corrected chi connectivity index (χ2v) is 9.52. The van der Waals surface area contributed by atoms with Crippen LogP contribution >= 0.6 is 23.2 Å². The summed E-state index contributed by atoms with van der Waals surface area (Å²) in [7, 11) is -3.73. The van der Waals surface area contributed by atoms with E-state index >= 15 is 0 Å². The number of amides is 1. The van der Waals surface area contributed by atoms with Gasteiger partial charge in [-0.1, -0.05) is 23.2 Å². The Balaban J connectivity index is 1.53. The predicted octanol–water partition coefficient (Wildman–Crippen LogP) is 3.82. The first-order valence-electron chi connectivity index (χ1n) is 9.39. The summed E-state index contributed by atoms with van der Waals surface area (Å²) >= 11 is 11.8. The summed E-state index contributed by atoms with van der Waals surface area (Å²) in [6.07, 6.45) is 0.671. The van der Waals surface area contributed by atoms with E-state index in [1.165, 1.54) is 16.4 Å². The molecule has 1 aliphatic heterocycles. The topological polar surface area (TPSA) is 66.9 Å². The molecule has 0 aromatic heterocycles. The molecule has 162 valence electrons.